The lowest BCUT2D eigenvalue weighted by atomic mass is 10.2. The van der Waals surface area contributed by atoms with E-state index in [0.717, 1.165) is 0 Å². The number of nitrogens with zero attached hydrogens (tertiary/aromatic N) is 2. The van der Waals surface area contributed by atoms with Crippen molar-refractivity contribution in [2.45, 2.75) is 36.5 Å². The summed E-state index contributed by atoms with van der Waals surface area (Å²) >= 11 is 1.38. The van der Waals surface area contributed by atoms with E-state index in [0.29, 0.717) is 6.42 Å². The van der Waals surface area contributed by atoms with Gasteiger partial charge in [0.2, 0.25) is 0 Å². The lowest BCUT2D eigenvalue weighted by molar-refractivity contribution is -0.0702. The van der Waals surface area contributed by atoms with Crippen LogP contribution in [-0.4, -0.2) is 77.4 Å². The lowest BCUT2D eigenvalue weighted by Gasteiger charge is -2.28. The van der Waals surface area contributed by atoms with E-state index < -0.39 is 12.2 Å². The van der Waals surface area contributed by atoms with Crippen LogP contribution >= 0.6 is 11.8 Å². The zero-order valence-corrected chi connectivity index (χ0v) is 12.0. The second kappa shape index (κ2) is 9.71. The molecule has 108 valence electrons. The monoisotopic (exact) mass is 280 g/mol. The Hall–Kier alpha value is -0.180. The molecule has 3 N–H and O–H groups in total. The quantitative estimate of drug-likeness (QED) is 0.377. The van der Waals surface area contributed by atoms with Crippen molar-refractivity contribution >= 4 is 18.5 Å². The first kappa shape index (κ1) is 17.8. The molecule has 0 aliphatic carbocycles. The smallest absolute Gasteiger partial charge is 0.150 e. The summed E-state index contributed by atoms with van der Waals surface area (Å²) in [5.74, 6) is 0. The standard InChI is InChI=1S/C11H24N2O4S/c1-8(16)9(7-15)17-10(5-6-14)18-11(12-2)13(3)4/h8-11,14-16H,2,5-7H2,1,3-4H3. The summed E-state index contributed by atoms with van der Waals surface area (Å²) in [6, 6.07) is 0. The van der Waals surface area contributed by atoms with E-state index in [2.05, 4.69) is 11.7 Å². The number of aliphatic hydroxyl groups is 3. The Balaban J connectivity index is 4.49. The second-order valence-electron chi connectivity index (χ2n) is 4.15. The highest BCUT2D eigenvalue weighted by molar-refractivity contribution is 8.00. The third kappa shape index (κ3) is 6.67. The summed E-state index contributed by atoms with van der Waals surface area (Å²) in [6.07, 6.45) is -1.04. The lowest BCUT2D eigenvalue weighted by Crippen LogP contribution is -2.35. The van der Waals surface area contributed by atoms with Gasteiger partial charge in [-0.3, -0.25) is 9.89 Å². The maximum atomic E-state index is 9.43. The van der Waals surface area contributed by atoms with Crippen molar-refractivity contribution in [3.05, 3.63) is 0 Å². The Bertz CT molecular complexity index is 229. The van der Waals surface area contributed by atoms with Gasteiger partial charge in [-0.2, -0.15) is 0 Å². The van der Waals surface area contributed by atoms with Crippen LogP contribution in [0.5, 0.6) is 0 Å². The first-order valence-electron chi connectivity index (χ1n) is 5.79. The predicted molar refractivity (Wildman–Crippen MR) is 73.7 cm³/mol. The SMILES string of the molecule is C=NC(SC(CCO)OC(CO)C(C)O)N(C)C. The van der Waals surface area contributed by atoms with E-state index in [9.17, 15) is 5.11 Å². The van der Waals surface area contributed by atoms with Gasteiger partial charge in [-0.05, 0) is 27.7 Å². The minimum absolute atomic E-state index is 0.0348. The summed E-state index contributed by atoms with van der Waals surface area (Å²) in [5.41, 5.74) is -0.561. The molecule has 0 radical (unpaired) electrons. The number of ether oxygens (including phenoxy) is 1. The highest BCUT2D eigenvalue weighted by Crippen LogP contribution is 2.25. The molecule has 0 amide bonds. The first-order valence-corrected chi connectivity index (χ1v) is 6.73. The number of hydrogen-bond donors (Lipinski definition) is 3. The third-order valence-electron chi connectivity index (χ3n) is 2.28. The van der Waals surface area contributed by atoms with Gasteiger partial charge in [0.25, 0.3) is 0 Å². The van der Waals surface area contributed by atoms with Crippen molar-refractivity contribution in [2.75, 3.05) is 27.3 Å². The van der Waals surface area contributed by atoms with Crippen molar-refractivity contribution in [2.24, 2.45) is 4.99 Å². The zero-order chi connectivity index (χ0) is 14.1. The van der Waals surface area contributed by atoms with Gasteiger partial charge in [0.1, 0.15) is 11.5 Å². The molecule has 7 heteroatoms. The molecule has 0 aromatic heterocycles. The molecule has 0 saturated heterocycles. The fourth-order valence-corrected chi connectivity index (χ4v) is 2.29. The predicted octanol–water partition coefficient (Wildman–Crippen LogP) is -0.268. The molecule has 0 spiro atoms. The highest BCUT2D eigenvalue weighted by Gasteiger charge is 2.23. The molecule has 0 aromatic rings. The summed E-state index contributed by atoms with van der Waals surface area (Å²) in [4.78, 5) is 5.80. The van der Waals surface area contributed by atoms with Crippen molar-refractivity contribution < 1.29 is 20.1 Å². The molecule has 18 heavy (non-hydrogen) atoms. The molecule has 6 nitrogen and oxygen atoms in total. The van der Waals surface area contributed by atoms with E-state index in [-0.39, 0.29) is 24.1 Å². The van der Waals surface area contributed by atoms with Gasteiger partial charge in [0.15, 0.2) is 5.50 Å². The van der Waals surface area contributed by atoms with Crippen LogP contribution in [0.1, 0.15) is 13.3 Å². The average molecular weight is 280 g/mol. The first-order chi connectivity index (χ1) is 8.46. The van der Waals surface area contributed by atoms with Crippen LogP contribution in [0.15, 0.2) is 4.99 Å². The maximum absolute atomic E-state index is 9.43. The molecule has 0 heterocycles. The minimum atomic E-state index is -0.772. The van der Waals surface area contributed by atoms with E-state index >= 15 is 0 Å². The molecule has 4 atom stereocenters. The largest absolute Gasteiger partial charge is 0.396 e. The van der Waals surface area contributed by atoms with Gasteiger partial charge in [-0.1, -0.05) is 11.8 Å². The molecule has 0 bridgehead atoms. The molecule has 0 aliphatic rings. The number of hydrogen-bond acceptors (Lipinski definition) is 7. The van der Waals surface area contributed by atoms with Crippen molar-refractivity contribution in [3.63, 3.8) is 0 Å². The van der Waals surface area contributed by atoms with Gasteiger partial charge in [-0.15, -0.1) is 0 Å². The molecule has 4 unspecified atom stereocenters. The Labute approximate surface area is 113 Å². The molecular weight excluding hydrogens is 256 g/mol. The van der Waals surface area contributed by atoms with Crippen LogP contribution in [0.25, 0.3) is 0 Å². The van der Waals surface area contributed by atoms with Crippen LogP contribution in [0.2, 0.25) is 0 Å². The van der Waals surface area contributed by atoms with E-state index in [1.54, 1.807) is 6.92 Å². The summed E-state index contributed by atoms with van der Waals surface area (Å²) < 4.78 is 5.57. The molecule has 0 rings (SSSR count). The highest BCUT2D eigenvalue weighted by atomic mass is 32.2. The third-order valence-corrected chi connectivity index (χ3v) is 3.75. The van der Waals surface area contributed by atoms with E-state index in [1.807, 2.05) is 19.0 Å². The Morgan fingerprint density at radius 2 is 2.00 bits per heavy atom. The minimum Gasteiger partial charge on any atom is -0.396 e. The fraction of sp³-hybridized carbons (Fsp3) is 0.909. The molecular formula is C11H24N2O4S. The van der Waals surface area contributed by atoms with Crippen LogP contribution in [0, 0.1) is 0 Å². The Morgan fingerprint density at radius 1 is 1.39 bits per heavy atom. The normalized spacial score (nSPS) is 18.4. The van der Waals surface area contributed by atoms with Crippen LogP contribution in [-0.2, 0) is 4.74 Å². The van der Waals surface area contributed by atoms with Gasteiger partial charge in [0, 0.05) is 13.0 Å². The Morgan fingerprint density at radius 3 is 2.33 bits per heavy atom. The van der Waals surface area contributed by atoms with E-state index in [1.165, 1.54) is 11.8 Å². The fourth-order valence-electron chi connectivity index (χ4n) is 1.24. The van der Waals surface area contributed by atoms with Crippen LogP contribution < -0.4 is 0 Å². The van der Waals surface area contributed by atoms with Gasteiger partial charge < -0.3 is 20.1 Å². The topological polar surface area (TPSA) is 85.5 Å². The molecule has 0 aliphatic heterocycles. The van der Waals surface area contributed by atoms with Crippen molar-refractivity contribution in [1.82, 2.24) is 4.90 Å². The van der Waals surface area contributed by atoms with Gasteiger partial charge in [0.05, 0.1) is 12.7 Å². The van der Waals surface area contributed by atoms with Crippen molar-refractivity contribution in [1.29, 1.82) is 0 Å². The Kier molecular flexibility index (Phi) is 9.61. The summed E-state index contributed by atoms with van der Waals surface area (Å²) in [6.45, 7) is 4.75. The number of rotatable bonds is 10. The molecule has 0 fully saturated rings. The van der Waals surface area contributed by atoms with Gasteiger partial charge in [-0.25, -0.2) is 0 Å². The number of thioether (sulfide) groups is 1. The molecule has 0 saturated carbocycles. The zero-order valence-electron chi connectivity index (χ0n) is 11.2. The molecule has 0 aromatic carbocycles. The maximum Gasteiger partial charge on any atom is 0.150 e. The second-order valence-corrected chi connectivity index (χ2v) is 5.37. The number of aliphatic imine (C=N–C) groups is 1. The summed E-state index contributed by atoms with van der Waals surface area (Å²) in [5, 5.41) is 27.5. The van der Waals surface area contributed by atoms with Crippen LogP contribution in [0.3, 0.4) is 0 Å². The number of aliphatic hydroxyl groups excluding tert-OH is 3. The van der Waals surface area contributed by atoms with Gasteiger partial charge >= 0.3 is 0 Å². The average Bonchev–Trinajstić information content (AvgIpc) is 2.31. The van der Waals surface area contributed by atoms with Crippen molar-refractivity contribution in [3.8, 4) is 0 Å². The van der Waals surface area contributed by atoms with E-state index in [4.69, 9.17) is 14.9 Å². The summed E-state index contributed by atoms with van der Waals surface area (Å²) in [7, 11) is 3.72. The van der Waals surface area contributed by atoms with Crippen LogP contribution in [0.4, 0.5) is 0 Å².